The van der Waals surface area contributed by atoms with E-state index in [1.165, 1.54) is 45.3 Å². The Hall–Kier alpha value is -0.860. The summed E-state index contributed by atoms with van der Waals surface area (Å²) < 4.78 is 0. The number of rotatable bonds is 3. The van der Waals surface area contributed by atoms with Crippen LogP contribution < -0.4 is 5.32 Å². The van der Waals surface area contributed by atoms with Gasteiger partial charge in [0.05, 0.1) is 0 Å². The number of nitrogens with one attached hydrogen (secondary N) is 1. The standard InChI is InChI=1S/C16H24N2/c1-17-11-13-5-4-8-18(12-13)16-9-14-6-2-3-7-15(14)10-16/h2-3,6-7,13,16-17H,4-5,8-12H2,1H3. The van der Waals surface area contributed by atoms with Crippen molar-refractivity contribution in [2.24, 2.45) is 5.92 Å². The molecule has 0 radical (unpaired) electrons. The number of hydrogen-bond donors (Lipinski definition) is 1. The summed E-state index contributed by atoms with van der Waals surface area (Å²) in [6.45, 7) is 3.77. The lowest BCUT2D eigenvalue weighted by Gasteiger charge is -2.36. The second-order valence-corrected chi connectivity index (χ2v) is 5.89. The molecule has 2 nitrogen and oxygen atoms in total. The van der Waals surface area contributed by atoms with Crippen molar-refractivity contribution in [3.63, 3.8) is 0 Å². The van der Waals surface area contributed by atoms with Crippen LogP contribution in [0, 0.1) is 5.92 Å². The van der Waals surface area contributed by atoms with Gasteiger partial charge in [-0.05, 0) is 62.9 Å². The third kappa shape index (κ3) is 2.45. The Kier molecular flexibility index (Phi) is 3.67. The summed E-state index contributed by atoms with van der Waals surface area (Å²) in [5.74, 6) is 0.854. The zero-order valence-corrected chi connectivity index (χ0v) is 11.4. The molecule has 1 atom stereocenters. The molecule has 0 spiro atoms. The maximum absolute atomic E-state index is 3.34. The first-order valence-corrected chi connectivity index (χ1v) is 7.32. The Balaban J connectivity index is 1.63. The van der Waals surface area contributed by atoms with Crippen LogP contribution in [-0.2, 0) is 12.8 Å². The van der Waals surface area contributed by atoms with E-state index < -0.39 is 0 Å². The predicted octanol–water partition coefficient (Wildman–Crippen LogP) is 2.09. The molecular weight excluding hydrogens is 220 g/mol. The second kappa shape index (κ2) is 5.41. The van der Waals surface area contributed by atoms with E-state index in [-0.39, 0.29) is 0 Å². The van der Waals surface area contributed by atoms with Gasteiger partial charge < -0.3 is 5.32 Å². The summed E-state index contributed by atoms with van der Waals surface area (Å²) in [7, 11) is 2.07. The Bertz CT molecular complexity index is 375. The molecule has 3 rings (SSSR count). The van der Waals surface area contributed by atoms with Crippen LogP contribution in [0.3, 0.4) is 0 Å². The molecule has 98 valence electrons. The topological polar surface area (TPSA) is 15.3 Å². The van der Waals surface area contributed by atoms with Gasteiger partial charge in [-0.15, -0.1) is 0 Å². The molecule has 0 amide bonds. The van der Waals surface area contributed by atoms with Gasteiger partial charge in [0.25, 0.3) is 0 Å². The van der Waals surface area contributed by atoms with E-state index >= 15 is 0 Å². The average Bonchev–Trinajstić information content (AvgIpc) is 2.83. The van der Waals surface area contributed by atoms with Crippen LogP contribution in [0.25, 0.3) is 0 Å². The molecule has 2 aliphatic rings. The fraction of sp³-hybridized carbons (Fsp3) is 0.625. The van der Waals surface area contributed by atoms with Gasteiger partial charge in [-0.25, -0.2) is 0 Å². The highest BCUT2D eigenvalue weighted by Crippen LogP contribution is 2.28. The highest BCUT2D eigenvalue weighted by molar-refractivity contribution is 5.33. The van der Waals surface area contributed by atoms with E-state index in [1.54, 1.807) is 11.1 Å². The lowest BCUT2D eigenvalue weighted by atomic mass is 9.96. The quantitative estimate of drug-likeness (QED) is 0.876. The van der Waals surface area contributed by atoms with Crippen LogP contribution in [-0.4, -0.2) is 37.6 Å². The van der Waals surface area contributed by atoms with Gasteiger partial charge in [-0.3, -0.25) is 4.90 Å². The van der Waals surface area contributed by atoms with Gasteiger partial charge in [0.15, 0.2) is 0 Å². The summed E-state index contributed by atoms with van der Waals surface area (Å²) in [4.78, 5) is 2.74. The SMILES string of the molecule is CNCC1CCCN(C2Cc3ccccc3C2)C1. The van der Waals surface area contributed by atoms with E-state index in [4.69, 9.17) is 0 Å². The minimum absolute atomic E-state index is 0.766. The van der Waals surface area contributed by atoms with Gasteiger partial charge in [0.1, 0.15) is 0 Å². The summed E-state index contributed by atoms with van der Waals surface area (Å²) in [5.41, 5.74) is 3.16. The molecule has 2 heteroatoms. The van der Waals surface area contributed by atoms with Crippen molar-refractivity contribution in [1.29, 1.82) is 0 Å². The van der Waals surface area contributed by atoms with E-state index in [2.05, 4.69) is 41.5 Å². The average molecular weight is 244 g/mol. The minimum Gasteiger partial charge on any atom is -0.319 e. The van der Waals surface area contributed by atoms with Gasteiger partial charge in [0, 0.05) is 12.6 Å². The molecule has 1 fully saturated rings. The molecule has 0 saturated carbocycles. The number of fused-ring (bicyclic) bond motifs is 1. The monoisotopic (exact) mass is 244 g/mol. The highest BCUT2D eigenvalue weighted by atomic mass is 15.2. The summed E-state index contributed by atoms with van der Waals surface area (Å²) >= 11 is 0. The number of hydrogen-bond acceptors (Lipinski definition) is 2. The van der Waals surface area contributed by atoms with Crippen LogP contribution >= 0.6 is 0 Å². The largest absolute Gasteiger partial charge is 0.319 e. The van der Waals surface area contributed by atoms with Crippen molar-refractivity contribution in [1.82, 2.24) is 10.2 Å². The van der Waals surface area contributed by atoms with Crippen molar-refractivity contribution in [3.05, 3.63) is 35.4 Å². The maximum Gasteiger partial charge on any atom is 0.0176 e. The highest BCUT2D eigenvalue weighted by Gasteiger charge is 2.29. The normalized spacial score (nSPS) is 25.3. The van der Waals surface area contributed by atoms with Crippen molar-refractivity contribution in [3.8, 4) is 0 Å². The van der Waals surface area contributed by atoms with Gasteiger partial charge >= 0.3 is 0 Å². The van der Waals surface area contributed by atoms with E-state index in [9.17, 15) is 0 Å². The van der Waals surface area contributed by atoms with Crippen LogP contribution in [0.15, 0.2) is 24.3 Å². The number of piperidine rings is 1. The molecule has 0 aromatic heterocycles. The van der Waals surface area contributed by atoms with E-state index in [0.29, 0.717) is 0 Å². The Morgan fingerprint density at radius 1 is 1.22 bits per heavy atom. The Labute approximate surface area is 110 Å². The molecule has 1 aliphatic heterocycles. The van der Waals surface area contributed by atoms with Crippen molar-refractivity contribution < 1.29 is 0 Å². The molecule has 1 saturated heterocycles. The number of nitrogens with zero attached hydrogens (tertiary/aromatic N) is 1. The first kappa shape index (κ1) is 12.2. The second-order valence-electron chi connectivity index (χ2n) is 5.89. The van der Waals surface area contributed by atoms with Gasteiger partial charge in [-0.1, -0.05) is 24.3 Å². The summed E-state index contributed by atoms with van der Waals surface area (Å²) in [6.07, 6.45) is 5.31. The van der Waals surface area contributed by atoms with E-state index in [1.807, 2.05) is 0 Å². The smallest absolute Gasteiger partial charge is 0.0176 e. The molecule has 0 bridgehead atoms. The number of benzene rings is 1. The summed E-state index contributed by atoms with van der Waals surface area (Å²) in [5, 5.41) is 3.34. The number of likely N-dealkylation sites (tertiary alicyclic amines) is 1. The molecule has 1 unspecified atom stereocenters. The lowest BCUT2D eigenvalue weighted by molar-refractivity contribution is 0.126. The fourth-order valence-electron chi connectivity index (χ4n) is 3.68. The van der Waals surface area contributed by atoms with Crippen molar-refractivity contribution in [2.45, 2.75) is 31.7 Å². The maximum atomic E-state index is 3.34. The van der Waals surface area contributed by atoms with Crippen LogP contribution in [0.1, 0.15) is 24.0 Å². The Morgan fingerprint density at radius 3 is 2.61 bits per heavy atom. The van der Waals surface area contributed by atoms with E-state index in [0.717, 1.165) is 12.0 Å². The Morgan fingerprint density at radius 2 is 1.94 bits per heavy atom. The molecule has 1 heterocycles. The fourth-order valence-corrected chi connectivity index (χ4v) is 3.68. The molecule has 1 aromatic carbocycles. The molecular formula is C16H24N2. The molecule has 1 aromatic rings. The third-order valence-electron chi connectivity index (χ3n) is 4.59. The zero-order valence-electron chi connectivity index (χ0n) is 11.4. The first-order chi connectivity index (χ1) is 8.86. The predicted molar refractivity (Wildman–Crippen MR) is 75.9 cm³/mol. The lowest BCUT2D eigenvalue weighted by Crippen LogP contribution is -2.45. The van der Waals surface area contributed by atoms with Crippen LogP contribution in [0.2, 0.25) is 0 Å². The molecule has 1 aliphatic carbocycles. The van der Waals surface area contributed by atoms with Gasteiger partial charge in [0.2, 0.25) is 0 Å². The van der Waals surface area contributed by atoms with Crippen molar-refractivity contribution in [2.75, 3.05) is 26.7 Å². The van der Waals surface area contributed by atoms with Crippen LogP contribution in [0.4, 0.5) is 0 Å². The van der Waals surface area contributed by atoms with Crippen LogP contribution in [0.5, 0.6) is 0 Å². The minimum atomic E-state index is 0.766. The van der Waals surface area contributed by atoms with Crippen molar-refractivity contribution >= 4 is 0 Å². The third-order valence-corrected chi connectivity index (χ3v) is 4.59. The summed E-state index contributed by atoms with van der Waals surface area (Å²) in [6, 6.07) is 9.75. The van der Waals surface area contributed by atoms with Gasteiger partial charge in [-0.2, -0.15) is 0 Å². The zero-order chi connectivity index (χ0) is 12.4. The molecule has 18 heavy (non-hydrogen) atoms. The first-order valence-electron chi connectivity index (χ1n) is 7.32. The molecule has 1 N–H and O–H groups in total.